The van der Waals surface area contributed by atoms with E-state index in [-0.39, 0.29) is 18.8 Å². The van der Waals surface area contributed by atoms with Crippen molar-refractivity contribution in [2.24, 2.45) is 5.73 Å². The molecular formula is C24H34FN5O4. The number of halogens is 1. The lowest BCUT2D eigenvalue weighted by Gasteiger charge is -2.29. The smallest absolute Gasteiger partial charge is 0.148 e. The predicted molar refractivity (Wildman–Crippen MR) is 129 cm³/mol. The van der Waals surface area contributed by atoms with Crippen LogP contribution in [0, 0.1) is 5.82 Å². The highest BCUT2D eigenvalue weighted by Gasteiger charge is 2.20. The summed E-state index contributed by atoms with van der Waals surface area (Å²) in [5.74, 6) is -0.439. The molecule has 1 atom stereocenters. The van der Waals surface area contributed by atoms with Crippen molar-refractivity contribution in [2.45, 2.75) is 12.6 Å². The first kappa shape index (κ1) is 24.6. The molecule has 2 heterocycles. The van der Waals surface area contributed by atoms with Gasteiger partial charge in [0, 0.05) is 57.6 Å². The molecule has 186 valence electrons. The van der Waals surface area contributed by atoms with E-state index in [4.69, 9.17) is 15.3 Å². The lowest BCUT2D eigenvalue weighted by molar-refractivity contribution is -0.154. The second kappa shape index (κ2) is 11.8. The summed E-state index contributed by atoms with van der Waals surface area (Å²) in [6, 6.07) is 13.0. The highest BCUT2D eigenvalue weighted by molar-refractivity contribution is 5.56. The Hall–Kier alpha value is -2.47. The van der Waals surface area contributed by atoms with Crippen LogP contribution >= 0.6 is 0 Å². The van der Waals surface area contributed by atoms with Gasteiger partial charge in [0.2, 0.25) is 0 Å². The number of hydrogen-bond donors (Lipinski definition) is 3. The fraction of sp³-hybridized carbons (Fsp3) is 0.500. The maximum Gasteiger partial charge on any atom is 0.148 e. The first-order valence-electron chi connectivity index (χ1n) is 11.7. The Labute approximate surface area is 199 Å². The van der Waals surface area contributed by atoms with Gasteiger partial charge in [-0.25, -0.2) is 4.39 Å². The van der Waals surface area contributed by atoms with Crippen molar-refractivity contribution < 1.29 is 24.3 Å². The minimum absolute atomic E-state index is 0.0138. The summed E-state index contributed by atoms with van der Waals surface area (Å²) in [7, 11) is 0. The number of nitrogens with two attached hydrogens (primary N) is 1. The van der Waals surface area contributed by atoms with Crippen LogP contribution in [-0.2, 0) is 16.1 Å². The van der Waals surface area contributed by atoms with Crippen molar-refractivity contribution in [1.29, 1.82) is 0 Å². The normalized spacial score (nSPS) is 18.6. The standard InChI is InChI=1S/C24H34FN5O4/c25-23-15-21(30(32)18-22(31)16-26)5-6-24(23)28-7-8-29(34-14-11-28)17-19-1-3-20(4-2-19)27-9-12-33-13-10-27/h1-6,15,22,31-32H,7-14,16-18,26H2/t22-/m0/s1. The van der Waals surface area contributed by atoms with Crippen LogP contribution in [0.25, 0.3) is 0 Å². The van der Waals surface area contributed by atoms with Crippen molar-refractivity contribution in [3.8, 4) is 0 Å². The molecule has 2 aromatic carbocycles. The second-order valence-corrected chi connectivity index (χ2v) is 8.56. The topological polar surface area (TPSA) is 97.9 Å². The summed E-state index contributed by atoms with van der Waals surface area (Å²) in [6.07, 6.45) is -0.892. The van der Waals surface area contributed by atoms with Crippen molar-refractivity contribution in [3.05, 3.63) is 53.8 Å². The van der Waals surface area contributed by atoms with Crippen LogP contribution in [0.4, 0.5) is 21.5 Å². The van der Waals surface area contributed by atoms with Gasteiger partial charge in [-0.3, -0.25) is 15.1 Å². The Balaban J connectivity index is 1.32. The van der Waals surface area contributed by atoms with Gasteiger partial charge < -0.3 is 25.4 Å². The van der Waals surface area contributed by atoms with Gasteiger partial charge in [-0.2, -0.15) is 5.06 Å². The molecular weight excluding hydrogens is 441 g/mol. The zero-order chi connectivity index (χ0) is 23.9. The van der Waals surface area contributed by atoms with Crippen LogP contribution in [0.2, 0.25) is 0 Å². The van der Waals surface area contributed by atoms with Gasteiger partial charge in [-0.15, -0.1) is 0 Å². The first-order valence-corrected chi connectivity index (χ1v) is 11.7. The molecule has 0 saturated carbocycles. The lowest BCUT2D eigenvalue weighted by atomic mass is 10.2. The Morgan fingerprint density at radius 3 is 2.41 bits per heavy atom. The molecule has 0 unspecified atom stereocenters. The predicted octanol–water partition coefficient (Wildman–Crippen LogP) is 1.43. The van der Waals surface area contributed by atoms with Crippen LogP contribution in [-0.4, -0.2) is 87.1 Å². The molecule has 34 heavy (non-hydrogen) atoms. The lowest BCUT2D eigenvalue weighted by Crippen LogP contribution is -2.36. The van der Waals surface area contributed by atoms with Crippen molar-refractivity contribution in [3.63, 3.8) is 0 Å². The Bertz CT molecular complexity index is 913. The molecule has 2 aliphatic rings. The van der Waals surface area contributed by atoms with Crippen LogP contribution in [0.5, 0.6) is 0 Å². The zero-order valence-electron chi connectivity index (χ0n) is 19.4. The third kappa shape index (κ3) is 6.35. The number of nitrogens with zero attached hydrogens (tertiary/aromatic N) is 4. The molecule has 2 aliphatic heterocycles. The molecule has 4 N–H and O–H groups in total. The number of aliphatic hydroxyl groups excluding tert-OH is 1. The fourth-order valence-corrected chi connectivity index (χ4v) is 4.18. The molecule has 0 radical (unpaired) electrons. The quantitative estimate of drug-likeness (QED) is 0.490. The number of hydroxylamine groups is 3. The summed E-state index contributed by atoms with van der Waals surface area (Å²) in [4.78, 5) is 10.2. The molecule has 9 nitrogen and oxygen atoms in total. The van der Waals surface area contributed by atoms with E-state index >= 15 is 0 Å². The van der Waals surface area contributed by atoms with E-state index in [9.17, 15) is 14.7 Å². The molecule has 2 aromatic rings. The molecule has 2 saturated heterocycles. The summed E-state index contributed by atoms with van der Waals surface area (Å²) in [5.41, 5.74) is 8.45. The Morgan fingerprint density at radius 1 is 0.971 bits per heavy atom. The van der Waals surface area contributed by atoms with Gasteiger partial charge in [0.05, 0.1) is 43.8 Å². The molecule has 0 amide bonds. The molecule has 2 fully saturated rings. The molecule has 0 bridgehead atoms. The maximum atomic E-state index is 14.8. The summed E-state index contributed by atoms with van der Waals surface area (Å²) in [6.45, 7) is 6.16. The first-order chi connectivity index (χ1) is 16.5. The number of hydrogen-bond acceptors (Lipinski definition) is 9. The van der Waals surface area contributed by atoms with Gasteiger partial charge in [-0.1, -0.05) is 12.1 Å². The largest absolute Gasteiger partial charge is 0.390 e. The van der Waals surface area contributed by atoms with E-state index in [1.165, 1.54) is 11.8 Å². The van der Waals surface area contributed by atoms with E-state index in [1.54, 1.807) is 12.1 Å². The highest BCUT2D eigenvalue weighted by atomic mass is 19.1. The summed E-state index contributed by atoms with van der Waals surface area (Å²) < 4.78 is 20.3. The SMILES string of the molecule is NC[C@H](O)CN(O)c1ccc(N2CCON(Cc3ccc(N4CCOCC4)cc3)CC2)c(F)c1. The average molecular weight is 476 g/mol. The van der Waals surface area contributed by atoms with Crippen LogP contribution in [0.3, 0.4) is 0 Å². The minimum atomic E-state index is -0.892. The van der Waals surface area contributed by atoms with E-state index in [0.717, 1.165) is 36.9 Å². The van der Waals surface area contributed by atoms with Gasteiger partial charge in [-0.05, 0) is 29.8 Å². The van der Waals surface area contributed by atoms with Crippen LogP contribution in [0.15, 0.2) is 42.5 Å². The maximum absolute atomic E-state index is 14.8. The number of ether oxygens (including phenoxy) is 1. The minimum Gasteiger partial charge on any atom is -0.390 e. The van der Waals surface area contributed by atoms with Gasteiger partial charge >= 0.3 is 0 Å². The van der Waals surface area contributed by atoms with Crippen molar-refractivity contribution >= 4 is 17.1 Å². The molecule has 0 spiro atoms. The number of aliphatic hydroxyl groups is 1. The highest BCUT2D eigenvalue weighted by Crippen LogP contribution is 2.26. The Morgan fingerprint density at radius 2 is 1.71 bits per heavy atom. The fourth-order valence-electron chi connectivity index (χ4n) is 4.18. The zero-order valence-corrected chi connectivity index (χ0v) is 19.4. The average Bonchev–Trinajstić information content (AvgIpc) is 3.10. The molecule has 4 rings (SSSR count). The molecule has 0 aromatic heterocycles. The summed E-state index contributed by atoms with van der Waals surface area (Å²) >= 11 is 0. The number of morpholine rings is 1. The van der Waals surface area contributed by atoms with E-state index in [0.29, 0.717) is 38.5 Å². The third-order valence-corrected chi connectivity index (χ3v) is 6.15. The Kier molecular flexibility index (Phi) is 8.54. The summed E-state index contributed by atoms with van der Waals surface area (Å²) in [5, 5.41) is 22.4. The number of anilines is 3. The molecule has 10 heteroatoms. The van der Waals surface area contributed by atoms with E-state index in [1.807, 2.05) is 9.96 Å². The van der Waals surface area contributed by atoms with Crippen LogP contribution < -0.4 is 20.6 Å². The van der Waals surface area contributed by atoms with Gasteiger partial charge in [0.15, 0.2) is 0 Å². The van der Waals surface area contributed by atoms with Crippen molar-refractivity contribution in [1.82, 2.24) is 5.06 Å². The van der Waals surface area contributed by atoms with Gasteiger partial charge in [0.25, 0.3) is 0 Å². The van der Waals surface area contributed by atoms with E-state index in [2.05, 4.69) is 29.2 Å². The molecule has 0 aliphatic carbocycles. The van der Waals surface area contributed by atoms with Gasteiger partial charge in [0.1, 0.15) is 5.82 Å². The number of benzene rings is 2. The van der Waals surface area contributed by atoms with Crippen molar-refractivity contribution in [2.75, 3.05) is 80.5 Å². The second-order valence-electron chi connectivity index (χ2n) is 8.56. The van der Waals surface area contributed by atoms with E-state index < -0.39 is 11.9 Å². The number of rotatable bonds is 8. The monoisotopic (exact) mass is 475 g/mol. The third-order valence-electron chi connectivity index (χ3n) is 6.15. The van der Waals surface area contributed by atoms with Crippen LogP contribution in [0.1, 0.15) is 5.56 Å².